The lowest BCUT2D eigenvalue weighted by Crippen LogP contribution is -2.48. The molecule has 0 aliphatic rings. The fourth-order valence-corrected chi connectivity index (χ4v) is 1.59. The van der Waals surface area contributed by atoms with Crippen molar-refractivity contribution >= 4 is 11.9 Å². The summed E-state index contributed by atoms with van der Waals surface area (Å²) < 4.78 is 0. The standard InChI is InChI=1S/C14H28N4O/c1-7-8-9-10-18(6)13(15-5)16-11-12(19)17-14(2,3)4/h7H,1,8-11H2,2-6H3,(H,15,16)(H,17,19). The van der Waals surface area contributed by atoms with Crippen LogP contribution in [0.1, 0.15) is 33.6 Å². The molecule has 0 unspecified atom stereocenters. The van der Waals surface area contributed by atoms with Crippen LogP contribution in [0.3, 0.4) is 0 Å². The molecule has 0 atom stereocenters. The van der Waals surface area contributed by atoms with Crippen LogP contribution in [0.25, 0.3) is 0 Å². The smallest absolute Gasteiger partial charge is 0.239 e. The normalized spacial score (nSPS) is 11.9. The van der Waals surface area contributed by atoms with Gasteiger partial charge in [-0.05, 0) is 33.6 Å². The highest BCUT2D eigenvalue weighted by atomic mass is 16.2. The van der Waals surface area contributed by atoms with E-state index in [1.54, 1.807) is 7.05 Å². The summed E-state index contributed by atoms with van der Waals surface area (Å²) in [6.07, 6.45) is 3.90. The number of rotatable bonds is 6. The highest BCUT2D eigenvalue weighted by Gasteiger charge is 2.14. The van der Waals surface area contributed by atoms with Gasteiger partial charge >= 0.3 is 0 Å². The van der Waals surface area contributed by atoms with E-state index in [9.17, 15) is 4.79 Å². The van der Waals surface area contributed by atoms with Crippen molar-refractivity contribution in [2.75, 3.05) is 27.2 Å². The Morgan fingerprint density at radius 3 is 2.53 bits per heavy atom. The van der Waals surface area contributed by atoms with Crippen molar-refractivity contribution in [3.8, 4) is 0 Å². The maximum atomic E-state index is 11.7. The van der Waals surface area contributed by atoms with Crippen LogP contribution in [0.5, 0.6) is 0 Å². The van der Waals surface area contributed by atoms with Crippen molar-refractivity contribution in [2.45, 2.75) is 39.2 Å². The van der Waals surface area contributed by atoms with Crippen LogP contribution in [0.2, 0.25) is 0 Å². The van der Waals surface area contributed by atoms with Crippen molar-refractivity contribution in [3.63, 3.8) is 0 Å². The van der Waals surface area contributed by atoms with Gasteiger partial charge in [-0.1, -0.05) is 6.08 Å². The Bertz CT molecular complexity index is 318. The summed E-state index contributed by atoms with van der Waals surface area (Å²) in [6.45, 7) is 10.7. The van der Waals surface area contributed by atoms with E-state index in [0.717, 1.165) is 25.3 Å². The van der Waals surface area contributed by atoms with Gasteiger partial charge < -0.3 is 15.5 Å². The fourth-order valence-electron chi connectivity index (χ4n) is 1.59. The fraction of sp³-hybridized carbons (Fsp3) is 0.714. The van der Waals surface area contributed by atoms with E-state index < -0.39 is 0 Å². The second kappa shape index (κ2) is 8.56. The zero-order chi connectivity index (χ0) is 14.9. The molecule has 0 aromatic rings. The van der Waals surface area contributed by atoms with E-state index in [0.29, 0.717) is 0 Å². The molecule has 0 spiro atoms. The molecular weight excluding hydrogens is 240 g/mol. The lowest BCUT2D eigenvalue weighted by molar-refractivity contribution is -0.121. The summed E-state index contributed by atoms with van der Waals surface area (Å²) in [5, 5.41) is 5.96. The quantitative estimate of drug-likeness (QED) is 0.331. The molecule has 110 valence electrons. The van der Waals surface area contributed by atoms with E-state index in [4.69, 9.17) is 0 Å². The van der Waals surface area contributed by atoms with Crippen LogP contribution in [-0.4, -0.2) is 49.5 Å². The van der Waals surface area contributed by atoms with Gasteiger partial charge in [0.15, 0.2) is 5.96 Å². The van der Waals surface area contributed by atoms with E-state index >= 15 is 0 Å². The molecular formula is C14H28N4O. The van der Waals surface area contributed by atoms with Crippen molar-refractivity contribution in [1.82, 2.24) is 15.5 Å². The van der Waals surface area contributed by atoms with Crippen LogP contribution in [0.15, 0.2) is 17.6 Å². The predicted octanol–water partition coefficient (Wildman–Crippen LogP) is 1.37. The Hall–Kier alpha value is -1.52. The van der Waals surface area contributed by atoms with Crippen LogP contribution in [0.4, 0.5) is 0 Å². The van der Waals surface area contributed by atoms with Gasteiger partial charge in [0, 0.05) is 26.2 Å². The molecule has 0 bridgehead atoms. The Labute approximate surface area is 117 Å². The maximum Gasteiger partial charge on any atom is 0.239 e. The highest BCUT2D eigenvalue weighted by molar-refractivity contribution is 5.86. The number of nitrogens with zero attached hydrogens (tertiary/aromatic N) is 2. The number of amides is 1. The number of guanidine groups is 1. The van der Waals surface area contributed by atoms with Crippen LogP contribution < -0.4 is 10.6 Å². The van der Waals surface area contributed by atoms with Crippen molar-refractivity contribution in [2.24, 2.45) is 4.99 Å². The van der Waals surface area contributed by atoms with Gasteiger partial charge in [0.1, 0.15) is 0 Å². The first-order valence-corrected chi connectivity index (χ1v) is 6.64. The Morgan fingerprint density at radius 1 is 1.42 bits per heavy atom. The maximum absolute atomic E-state index is 11.7. The van der Waals surface area contributed by atoms with Gasteiger partial charge in [-0.2, -0.15) is 0 Å². The van der Waals surface area contributed by atoms with E-state index in [1.165, 1.54) is 0 Å². The second-order valence-electron chi connectivity index (χ2n) is 5.55. The number of nitrogens with one attached hydrogen (secondary N) is 2. The van der Waals surface area contributed by atoms with E-state index in [1.807, 2.05) is 38.8 Å². The van der Waals surface area contributed by atoms with Gasteiger partial charge in [-0.15, -0.1) is 6.58 Å². The minimum Gasteiger partial charge on any atom is -0.350 e. The number of allylic oxidation sites excluding steroid dienone is 1. The molecule has 2 N–H and O–H groups in total. The van der Waals surface area contributed by atoms with Crippen LogP contribution in [-0.2, 0) is 4.79 Å². The number of carbonyl (C=O) groups excluding carboxylic acids is 1. The minimum atomic E-state index is -0.210. The molecule has 5 nitrogen and oxygen atoms in total. The molecule has 1 amide bonds. The molecule has 0 aliphatic heterocycles. The van der Waals surface area contributed by atoms with Crippen molar-refractivity contribution < 1.29 is 4.79 Å². The SMILES string of the molecule is C=CCCCN(C)C(=NC)NCC(=O)NC(C)(C)C. The van der Waals surface area contributed by atoms with Gasteiger partial charge in [0.05, 0.1) is 6.54 Å². The van der Waals surface area contributed by atoms with Crippen molar-refractivity contribution in [3.05, 3.63) is 12.7 Å². The van der Waals surface area contributed by atoms with Crippen molar-refractivity contribution in [1.29, 1.82) is 0 Å². The Balaban J connectivity index is 4.13. The number of aliphatic imine (C=N–C) groups is 1. The molecule has 0 aromatic carbocycles. The molecule has 0 heterocycles. The average molecular weight is 268 g/mol. The number of carbonyl (C=O) groups is 1. The summed E-state index contributed by atoms with van der Waals surface area (Å²) in [4.78, 5) is 17.9. The number of hydrogen-bond donors (Lipinski definition) is 2. The highest BCUT2D eigenvalue weighted by Crippen LogP contribution is 1.97. The summed E-state index contributed by atoms with van der Waals surface area (Å²) >= 11 is 0. The Morgan fingerprint density at radius 2 is 2.05 bits per heavy atom. The molecule has 0 rings (SSSR count). The van der Waals surface area contributed by atoms with Gasteiger partial charge in [0.25, 0.3) is 0 Å². The number of unbranched alkanes of at least 4 members (excludes halogenated alkanes) is 1. The van der Waals surface area contributed by atoms with Gasteiger partial charge in [-0.3, -0.25) is 9.79 Å². The van der Waals surface area contributed by atoms with Gasteiger partial charge in [0.2, 0.25) is 5.91 Å². The average Bonchev–Trinajstić information content (AvgIpc) is 2.27. The molecule has 0 fully saturated rings. The first-order valence-electron chi connectivity index (χ1n) is 6.64. The largest absolute Gasteiger partial charge is 0.350 e. The minimum absolute atomic E-state index is 0.0341. The summed E-state index contributed by atoms with van der Waals surface area (Å²) in [5.74, 6) is 0.696. The molecule has 19 heavy (non-hydrogen) atoms. The molecule has 0 saturated heterocycles. The van der Waals surface area contributed by atoms with E-state index in [2.05, 4.69) is 22.2 Å². The van der Waals surface area contributed by atoms with Crippen LogP contribution >= 0.6 is 0 Å². The monoisotopic (exact) mass is 268 g/mol. The zero-order valence-electron chi connectivity index (χ0n) is 12.9. The first kappa shape index (κ1) is 17.5. The lowest BCUT2D eigenvalue weighted by Gasteiger charge is -2.24. The third-order valence-corrected chi connectivity index (χ3v) is 2.40. The molecule has 0 aliphatic carbocycles. The topological polar surface area (TPSA) is 56.7 Å². The lowest BCUT2D eigenvalue weighted by atomic mass is 10.1. The first-order chi connectivity index (χ1) is 8.80. The van der Waals surface area contributed by atoms with E-state index in [-0.39, 0.29) is 18.0 Å². The third kappa shape index (κ3) is 9.11. The Kier molecular flexibility index (Phi) is 7.87. The second-order valence-corrected chi connectivity index (χ2v) is 5.55. The summed E-state index contributed by atoms with van der Waals surface area (Å²) in [7, 11) is 3.67. The van der Waals surface area contributed by atoms with Gasteiger partial charge in [-0.25, -0.2) is 0 Å². The predicted molar refractivity (Wildman–Crippen MR) is 81.3 cm³/mol. The zero-order valence-corrected chi connectivity index (χ0v) is 12.9. The summed E-state index contributed by atoms with van der Waals surface area (Å²) in [6, 6.07) is 0. The third-order valence-electron chi connectivity index (χ3n) is 2.40. The molecule has 0 saturated carbocycles. The molecule has 0 radical (unpaired) electrons. The van der Waals surface area contributed by atoms with Crippen LogP contribution in [0, 0.1) is 0 Å². The molecule has 5 heteroatoms. The summed E-state index contributed by atoms with van der Waals surface area (Å²) in [5.41, 5.74) is -0.210. The molecule has 0 aromatic heterocycles. The number of hydrogen-bond acceptors (Lipinski definition) is 2.